The highest BCUT2D eigenvalue weighted by atomic mass is 79.9. The summed E-state index contributed by atoms with van der Waals surface area (Å²) in [5.41, 5.74) is 1.22. The van der Waals surface area contributed by atoms with Crippen molar-refractivity contribution in [1.82, 2.24) is 0 Å². The van der Waals surface area contributed by atoms with Gasteiger partial charge in [-0.05, 0) is 38.0 Å². The van der Waals surface area contributed by atoms with Gasteiger partial charge in [-0.25, -0.2) is 0 Å². The molecule has 0 aliphatic heterocycles. The number of hydrogen-bond acceptors (Lipinski definition) is 3. The van der Waals surface area contributed by atoms with E-state index in [1.165, 1.54) is 6.42 Å². The zero-order valence-corrected chi connectivity index (χ0v) is 14.4. The van der Waals surface area contributed by atoms with Gasteiger partial charge in [0.2, 0.25) is 5.91 Å². The number of nitrogens with one attached hydrogen (secondary N) is 1. The molecule has 0 unspecified atom stereocenters. The zero-order chi connectivity index (χ0) is 15.9. The lowest BCUT2D eigenvalue weighted by atomic mass is 9.88. The maximum Gasteiger partial charge on any atom is 0.227 e. The summed E-state index contributed by atoms with van der Waals surface area (Å²) >= 11 is 3.17. The van der Waals surface area contributed by atoms with Crippen LogP contribution in [0, 0.1) is 5.92 Å². The lowest BCUT2D eigenvalue weighted by Crippen LogP contribution is -2.25. The van der Waals surface area contributed by atoms with Crippen molar-refractivity contribution in [2.24, 2.45) is 5.92 Å². The van der Waals surface area contributed by atoms with E-state index in [4.69, 9.17) is 4.74 Å². The summed E-state index contributed by atoms with van der Waals surface area (Å²) in [4.78, 5) is 24.1. The van der Waals surface area contributed by atoms with E-state index in [1.54, 1.807) is 18.2 Å². The second-order valence-electron chi connectivity index (χ2n) is 5.52. The van der Waals surface area contributed by atoms with Gasteiger partial charge < -0.3 is 10.1 Å². The molecule has 0 radical (unpaired) electrons. The van der Waals surface area contributed by atoms with Crippen molar-refractivity contribution in [2.45, 2.75) is 39.0 Å². The Morgan fingerprint density at radius 1 is 1.27 bits per heavy atom. The highest BCUT2D eigenvalue weighted by Crippen LogP contribution is 2.29. The van der Waals surface area contributed by atoms with Gasteiger partial charge in [-0.3, -0.25) is 9.59 Å². The Balaban J connectivity index is 2.14. The van der Waals surface area contributed by atoms with Crippen LogP contribution in [0.1, 0.15) is 49.4 Å². The third-order valence-electron chi connectivity index (χ3n) is 3.96. The third-order valence-corrected chi connectivity index (χ3v) is 4.47. The van der Waals surface area contributed by atoms with Gasteiger partial charge >= 0.3 is 0 Å². The number of ether oxygens (including phenoxy) is 1. The number of ketones is 1. The predicted octanol–water partition coefficient (Wildman–Crippen LogP) is 4.18. The van der Waals surface area contributed by atoms with E-state index in [0.29, 0.717) is 23.6 Å². The quantitative estimate of drug-likeness (QED) is 0.605. The molecular formula is C17H22BrNO3. The fourth-order valence-corrected chi connectivity index (χ4v) is 3.07. The van der Waals surface area contributed by atoms with Crippen LogP contribution in [-0.4, -0.2) is 23.6 Å². The molecule has 1 amide bonds. The zero-order valence-electron chi connectivity index (χ0n) is 12.9. The molecule has 1 fully saturated rings. The number of carbonyl (C=O) groups is 2. The molecule has 1 aromatic carbocycles. The van der Waals surface area contributed by atoms with Gasteiger partial charge in [0.25, 0.3) is 0 Å². The van der Waals surface area contributed by atoms with E-state index in [-0.39, 0.29) is 22.9 Å². The van der Waals surface area contributed by atoms with Crippen LogP contribution in [0.3, 0.4) is 0 Å². The number of hydrogen-bond donors (Lipinski definition) is 1. The van der Waals surface area contributed by atoms with Gasteiger partial charge in [0.05, 0.1) is 17.6 Å². The monoisotopic (exact) mass is 367 g/mol. The second kappa shape index (κ2) is 8.32. The minimum atomic E-state index is -0.00823. The van der Waals surface area contributed by atoms with E-state index in [0.717, 1.165) is 25.7 Å². The first-order valence-corrected chi connectivity index (χ1v) is 8.94. The summed E-state index contributed by atoms with van der Waals surface area (Å²) in [5.74, 6) is 0.692. The van der Waals surface area contributed by atoms with E-state index < -0.39 is 0 Å². The average Bonchev–Trinajstić information content (AvgIpc) is 2.56. The van der Waals surface area contributed by atoms with Crippen LogP contribution in [0.25, 0.3) is 0 Å². The van der Waals surface area contributed by atoms with Gasteiger partial charge in [0, 0.05) is 11.5 Å². The lowest BCUT2D eigenvalue weighted by molar-refractivity contribution is -0.120. The normalized spacial score (nSPS) is 15.4. The molecule has 4 nitrogen and oxygen atoms in total. The number of rotatable bonds is 6. The van der Waals surface area contributed by atoms with Crippen molar-refractivity contribution in [1.29, 1.82) is 0 Å². The van der Waals surface area contributed by atoms with Crippen LogP contribution in [-0.2, 0) is 4.79 Å². The minimum absolute atomic E-state index is 0.00823. The number of Topliss-reactive ketones (excluding diaryl/α,β-unsaturated/α-hetero) is 1. The SMILES string of the molecule is CCOc1cc(C(=O)CBr)ccc1NC(=O)C1CCCCC1. The Labute approximate surface area is 139 Å². The number of amides is 1. The van der Waals surface area contributed by atoms with Crippen molar-refractivity contribution in [3.63, 3.8) is 0 Å². The number of benzene rings is 1. The first-order chi connectivity index (χ1) is 10.7. The molecule has 1 aliphatic carbocycles. The Kier molecular flexibility index (Phi) is 6.43. The maximum absolute atomic E-state index is 12.4. The van der Waals surface area contributed by atoms with Crippen molar-refractivity contribution in [2.75, 3.05) is 17.3 Å². The van der Waals surface area contributed by atoms with Crippen LogP contribution >= 0.6 is 15.9 Å². The topological polar surface area (TPSA) is 55.4 Å². The second-order valence-corrected chi connectivity index (χ2v) is 6.09. The molecule has 2 rings (SSSR count). The Morgan fingerprint density at radius 3 is 2.64 bits per heavy atom. The van der Waals surface area contributed by atoms with Crippen LogP contribution in [0.4, 0.5) is 5.69 Å². The predicted molar refractivity (Wildman–Crippen MR) is 90.9 cm³/mol. The average molecular weight is 368 g/mol. The van der Waals surface area contributed by atoms with Gasteiger partial charge in [-0.15, -0.1) is 0 Å². The molecular weight excluding hydrogens is 346 g/mol. The number of halogens is 1. The lowest BCUT2D eigenvalue weighted by Gasteiger charge is -2.21. The van der Waals surface area contributed by atoms with E-state index in [2.05, 4.69) is 21.2 Å². The number of alkyl halides is 1. The van der Waals surface area contributed by atoms with Crippen molar-refractivity contribution in [3.8, 4) is 5.75 Å². The number of carbonyl (C=O) groups excluding carboxylic acids is 2. The molecule has 22 heavy (non-hydrogen) atoms. The van der Waals surface area contributed by atoms with Gasteiger partial charge in [0.15, 0.2) is 5.78 Å². The molecule has 120 valence electrons. The van der Waals surface area contributed by atoms with E-state index >= 15 is 0 Å². The third kappa shape index (κ3) is 4.32. The van der Waals surface area contributed by atoms with Gasteiger partial charge in [-0.2, -0.15) is 0 Å². The Morgan fingerprint density at radius 2 is 2.00 bits per heavy atom. The first-order valence-electron chi connectivity index (χ1n) is 7.82. The first kappa shape index (κ1) is 17.0. The maximum atomic E-state index is 12.4. The Bertz CT molecular complexity index is 539. The molecule has 0 heterocycles. The van der Waals surface area contributed by atoms with Gasteiger partial charge in [0.1, 0.15) is 5.75 Å². The highest BCUT2D eigenvalue weighted by molar-refractivity contribution is 9.09. The standard InChI is InChI=1S/C17H22BrNO3/c1-2-22-16-10-13(15(20)11-18)8-9-14(16)19-17(21)12-6-4-3-5-7-12/h8-10,12H,2-7,11H2,1H3,(H,19,21). The van der Waals surface area contributed by atoms with Crippen LogP contribution in [0.15, 0.2) is 18.2 Å². The van der Waals surface area contributed by atoms with Crippen LogP contribution in [0.2, 0.25) is 0 Å². The molecule has 5 heteroatoms. The van der Waals surface area contributed by atoms with Crippen molar-refractivity contribution in [3.05, 3.63) is 23.8 Å². The summed E-state index contributed by atoms with van der Waals surface area (Å²) in [7, 11) is 0. The summed E-state index contributed by atoms with van der Waals surface area (Å²) in [6, 6.07) is 5.17. The van der Waals surface area contributed by atoms with Crippen molar-refractivity contribution >= 4 is 33.3 Å². The largest absolute Gasteiger partial charge is 0.492 e. The molecule has 0 spiro atoms. The highest BCUT2D eigenvalue weighted by Gasteiger charge is 2.22. The number of anilines is 1. The Hall–Kier alpha value is -1.36. The van der Waals surface area contributed by atoms with E-state index in [9.17, 15) is 9.59 Å². The minimum Gasteiger partial charge on any atom is -0.492 e. The molecule has 0 aromatic heterocycles. The molecule has 1 N–H and O–H groups in total. The molecule has 0 saturated heterocycles. The van der Waals surface area contributed by atoms with Crippen LogP contribution in [0.5, 0.6) is 5.75 Å². The molecule has 1 saturated carbocycles. The smallest absolute Gasteiger partial charge is 0.227 e. The molecule has 1 aliphatic rings. The molecule has 1 aromatic rings. The molecule has 0 atom stereocenters. The fraction of sp³-hybridized carbons (Fsp3) is 0.529. The summed E-state index contributed by atoms with van der Waals surface area (Å²) < 4.78 is 5.58. The van der Waals surface area contributed by atoms with Crippen LogP contribution < -0.4 is 10.1 Å². The summed E-state index contributed by atoms with van der Waals surface area (Å²) in [6.07, 6.45) is 5.37. The summed E-state index contributed by atoms with van der Waals surface area (Å²) in [6.45, 7) is 2.37. The van der Waals surface area contributed by atoms with Gasteiger partial charge in [-0.1, -0.05) is 35.2 Å². The summed E-state index contributed by atoms with van der Waals surface area (Å²) in [5, 5.41) is 3.23. The fourth-order valence-electron chi connectivity index (χ4n) is 2.75. The molecule has 0 bridgehead atoms. The van der Waals surface area contributed by atoms with E-state index in [1.807, 2.05) is 6.92 Å². The van der Waals surface area contributed by atoms with Crippen molar-refractivity contribution < 1.29 is 14.3 Å².